The van der Waals surface area contributed by atoms with E-state index in [1.54, 1.807) is 13.8 Å². The fourth-order valence-electron chi connectivity index (χ4n) is 6.98. The van der Waals surface area contributed by atoms with Crippen LogP contribution in [0.4, 0.5) is 4.79 Å². The summed E-state index contributed by atoms with van der Waals surface area (Å²) in [6, 6.07) is 9.81. The fraction of sp³-hybridized carbons (Fsp3) is 0.525. The van der Waals surface area contributed by atoms with Gasteiger partial charge in [0.25, 0.3) is 0 Å². The number of hydrogen-bond acceptors (Lipinski definition) is 8. The average molecular weight is 766 g/mol. The largest absolute Gasteiger partial charge is 0.481 e. The van der Waals surface area contributed by atoms with Crippen molar-refractivity contribution in [2.75, 3.05) is 34.8 Å². The zero-order chi connectivity index (χ0) is 41.5. The molecule has 0 bridgehead atoms. The molecule has 2 aromatic rings. The maximum atomic E-state index is 13.8. The molecule has 0 fully saturated rings. The molecule has 0 aliphatic heterocycles. The summed E-state index contributed by atoms with van der Waals surface area (Å²) in [5.41, 5.74) is 4.26. The van der Waals surface area contributed by atoms with Crippen LogP contribution in [0.25, 0.3) is 11.1 Å². The van der Waals surface area contributed by atoms with E-state index in [0.29, 0.717) is 0 Å². The molecular formula is C40H55N5O10. The van der Waals surface area contributed by atoms with Gasteiger partial charge >= 0.3 is 18.0 Å². The molecule has 5 amide bonds. The lowest BCUT2D eigenvalue weighted by atomic mass is 9.98. The second-order valence-corrected chi connectivity index (χ2v) is 15.0. The Morgan fingerprint density at radius 2 is 1.20 bits per heavy atom. The summed E-state index contributed by atoms with van der Waals surface area (Å²) in [5.74, 6) is -6.28. The lowest BCUT2D eigenvalue weighted by Gasteiger charge is -2.37. The first-order valence-corrected chi connectivity index (χ1v) is 18.3. The first kappa shape index (κ1) is 43.9. The van der Waals surface area contributed by atoms with Crippen LogP contribution in [0.1, 0.15) is 71.4 Å². The van der Waals surface area contributed by atoms with Crippen molar-refractivity contribution >= 4 is 41.7 Å². The van der Waals surface area contributed by atoms with Gasteiger partial charge in [-0.15, -0.1) is 0 Å². The van der Waals surface area contributed by atoms with E-state index in [-0.39, 0.29) is 24.9 Å². The van der Waals surface area contributed by atoms with Gasteiger partial charge in [0, 0.05) is 34.1 Å². The summed E-state index contributed by atoms with van der Waals surface area (Å²) in [7, 11) is 5.41. The Hall–Kier alpha value is -5.47. The molecule has 0 saturated heterocycles. The van der Waals surface area contributed by atoms with Crippen LogP contribution in [-0.4, -0.2) is 136 Å². The number of nitrogens with one attached hydrogen (secondary N) is 1. The van der Waals surface area contributed by atoms with Crippen molar-refractivity contribution in [2.24, 2.45) is 11.8 Å². The summed E-state index contributed by atoms with van der Waals surface area (Å²) in [4.78, 5) is 95.4. The number of rotatable bonds is 17. The minimum atomic E-state index is -1.66. The number of carboxylic acids is 2. The predicted octanol–water partition coefficient (Wildman–Crippen LogP) is 3.50. The molecule has 300 valence electrons. The highest BCUT2D eigenvalue weighted by atomic mass is 16.6. The van der Waals surface area contributed by atoms with Crippen LogP contribution in [-0.2, 0) is 33.5 Å². The standard InChI is InChI=1S/C40H55N5O10/c1-22(2)19-31(35(48)41-24(5)36(49)45(10)34(23(3)4)38(51)44(9)32(39(52)53)20-33(46)47)43(8)37(50)25(6)42(7)40(54)55-21-30-28-17-13-11-15-26(28)27-16-12-14-18-29(27)30/h11-18,22-25,30-32,34H,19-21H2,1-10H3,(H,41,48)(H,46,47)(H,52,53)/t24-,25-,31-,32-,34-/m0/s1. The first-order chi connectivity index (χ1) is 25.7. The zero-order valence-corrected chi connectivity index (χ0v) is 33.3. The Balaban J connectivity index is 1.70. The Labute approximate surface area is 322 Å². The highest BCUT2D eigenvalue weighted by molar-refractivity contribution is 5.96. The maximum absolute atomic E-state index is 13.8. The summed E-state index contributed by atoms with van der Waals surface area (Å²) in [5, 5.41) is 21.4. The summed E-state index contributed by atoms with van der Waals surface area (Å²) < 4.78 is 5.75. The Morgan fingerprint density at radius 1 is 0.691 bits per heavy atom. The highest BCUT2D eigenvalue weighted by Gasteiger charge is 2.40. The molecule has 0 heterocycles. The fourth-order valence-corrected chi connectivity index (χ4v) is 6.98. The van der Waals surface area contributed by atoms with Gasteiger partial charge in [-0.1, -0.05) is 76.2 Å². The number of ether oxygens (including phenoxy) is 1. The summed E-state index contributed by atoms with van der Waals surface area (Å²) in [6.07, 6.45) is -1.32. The van der Waals surface area contributed by atoms with Crippen LogP contribution in [0.2, 0.25) is 0 Å². The topological polar surface area (TPSA) is 194 Å². The molecule has 2 aromatic carbocycles. The summed E-state index contributed by atoms with van der Waals surface area (Å²) in [6.45, 7) is 10.1. The normalized spacial score (nSPS) is 14.8. The van der Waals surface area contributed by atoms with Crippen molar-refractivity contribution < 1.29 is 48.5 Å². The molecule has 3 rings (SSSR count). The van der Waals surface area contributed by atoms with E-state index in [9.17, 15) is 43.8 Å². The Morgan fingerprint density at radius 3 is 1.67 bits per heavy atom. The number of carbonyl (C=O) groups is 7. The van der Waals surface area contributed by atoms with E-state index in [4.69, 9.17) is 4.74 Å². The van der Waals surface area contributed by atoms with Gasteiger partial charge in [0.1, 0.15) is 36.8 Å². The van der Waals surface area contributed by atoms with Gasteiger partial charge in [-0.05, 0) is 54.4 Å². The van der Waals surface area contributed by atoms with Crippen molar-refractivity contribution in [2.45, 2.75) is 90.5 Å². The van der Waals surface area contributed by atoms with Gasteiger partial charge in [-0.2, -0.15) is 0 Å². The highest BCUT2D eigenvalue weighted by Crippen LogP contribution is 2.44. The van der Waals surface area contributed by atoms with Gasteiger partial charge in [-0.25, -0.2) is 9.59 Å². The van der Waals surface area contributed by atoms with Gasteiger partial charge < -0.3 is 35.0 Å². The monoisotopic (exact) mass is 765 g/mol. The lowest BCUT2D eigenvalue weighted by Crippen LogP contribution is -2.59. The Bertz CT molecular complexity index is 1720. The van der Waals surface area contributed by atoms with Gasteiger partial charge in [-0.3, -0.25) is 28.9 Å². The molecule has 0 unspecified atom stereocenters. The van der Waals surface area contributed by atoms with E-state index in [1.807, 2.05) is 62.4 Å². The molecule has 0 radical (unpaired) electrons. The average Bonchev–Trinajstić information content (AvgIpc) is 3.45. The molecule has 0 spiro atoms. The third-order valence-electron chi connectivity index (χ3n) is 10.2. The number of likely N-dealkylation sites (N-methyl/N-ethyl adjacent to an activating group) is 4. The van der Waals surface area contributed by atoms with Gasteiger partial charge in [0.05, 0.1) is 6.42 Å². The van der Waals surface area contributed by atoms with E-state index in [2.05, 4.69) is 5.32 Å². The number of benzene rings is 2. The molecule has 1 aliphatic carbocycles. The second kappa shape index (κ2) is 18.7. The van der Waals surface area contributed by atoms with E-state index in [0.717, 1.165) is 39.1 Å². The quantitative estimate of drug-likeness (QED) is 0.215. The smallest absolute Gasteiger partial charge is 0.410 e. The molecule has 0 aromatic heterocycles. The molecule has 15 nitrogen and oxygen atoms in total. The summed E-state index contributed by atoms with van der Waals surface area (Å²) >= 11 is 0. The van der Waals surface area contributed by atoms with Crippen LogP contribution >= 0.6 is 0 Å². The minimum absolute atomic E-state index is 0.0543. The van der Waals surface area contributed by atoms with Crippen molar-refractivity contribution in [1.82, 2.24) is 24.9 Å². The molecule has 15 heteroatoms. The minimum Gasteiger partial charge on any atom is -0.481 e. The number of nitrogens with zero attached hydrogens (tertiary/aromatic N) is 4. The molecule has 3 N–H and O–H groups in total. The van der Waals surface area contributed by atoms with Crippen molar-refractivity contribution in [1.29, 1.82) is 0 Å². The zero-order valence-electron chi connectivity index (χ0n) is 33.3. The molecule has 55 heavy (non-hydrogen) atoms. The predicted molar refractivity (Wildman–Crippen MR) is 204 cm³/mol. The van der Waals surface area contributed by atoms with Crippen molar-refractivity contribution in [3.8, 4) is 11.1 Å². The van der Waals surface area contributed by atoms with Gasteiger partial charge in [0.15, 0.2) is 0 Å². The third kappa shape index (κ3) is 10.2. The number of aliphatic carboxylic acids is 2. The van der Waals surface area contributed by atoms with Crippen molar-refractivity contribution in [3.63, 3.8) is 0 Å². The van der Waals surface area contributed by atoms with Crippen molar-refractivity contribution in [3.05, 3.63) is 59.7 Å². The number of carboxylic acid groups (broad SMARTS) is 2. The Kier molecular flexibility index (Phi) is 15.0. The lowest BCUT2D eigenvalue weighted by molar-refractivity contribution is -0.157. The number of hydrogen-bond donors (Lipinski definition) is 3. The molecule has 5 atom stereocenters. The SMILES string of the molecule is CC(C)C[C@@H](C(=O)N[C@@H](C)C(=O)N(C)[C@H](C(=O)N(C)[C@@H](CC(=O)O)C(=O)O)C(C)C)N(C)C(=O)[C@H](C)N(C)C(=O)OCC1c2ccccc2-c2ccccc21. The van der Waals surface area contributed by atoms with Crippen LogP contribution in [0, 0.1) is 11.8 Å². The number of fused-ring (bicyclic) bond motifs is 3. The van der Waals surface area contributed by atoms with Crippen LogP contribution in [0.5, 0.6) is 0 Å². The number of amides is 5. The van der Waals surface area contributed by atoms with Crippen LogP contribution < -0.4 is 5.32 Å². The molecule has 0 saturated carbocycles. The molecular weight excluding hydrogens is 710 g/mol. The van der Waals surface area contributed by atoms with E-state index >= 15 is 0 Å². The second-order valence-electron chi connectivity index (χ2n) is 15.0. The molecule has 1 aliphatic rings. The van der Waals surface area contributed by atoms with Crippen LogP contribution in [0.15, 0.2) is 48.5 Å². The third-order valence-corrected chi connectivity index (χ3v) is 10.2. The van der Waals surface area contributed by atoms with Crippen LogP contribution in [0.3, 0.4) is 0 Å². The number of carbonyl (C=O) groups excluding carboxylic acids is 5. The van der Waals surface area contributed by atoms with E-state index in [1.165, 1.54) is 44.8 Å². The van der Waals surface area contributed by atoms with E-state index < -0.39 is 84.2 Å². The maximum Gasteiger partial charge on any atom is 0.410 e. The van der Waals surface area contributed by atoms with Gasteiger partial charge in [0.2, 0.25) is 23.6 Å². The first-order valence-electron chi connectivity index (χ1n) is 18.3.